The number of nitrogens with one attached hydrogen (secondary N) is 1. The van der Waals surface area contributed by atoms with Crippen LogP contribution < -0.4 is 10.1 Å². The van der Waals surface area contributed by atoms with Gasteiger partial charge >= 0.3 is 0 Å². The molecule has 0 saturated heterocycles. The molecular formula is C17H26ClNO2. The summed E-state index contributed by atoms with van der Waals surface area (Å²) in [6.07, 6.45) is 6.56. The summed E-state index contributed by atoms with van der Waals surface area (Å²) in [5.74, 6) is 1.45. The average molecular weight is 312 g/mol. The second-order valence-corrected chi connectivity index (χ2v) is 6.19. The molecule has 1 N–H and O–H groups in total. The van der Waals surface area contributed by atoms with Crippen molar-refractivity contribution in [3.63, 3.8) is 0 Å². The molecular weight excluding hydrogens is 286 g/mol. The van der Waals surface area contributed by atoms with Crippen molar-refractivity contribution in [1.82, 2.24) is 5.32 Å². The van der Waals surface area contributed by atoms with Gasteiger partial charge in [0.25, 0.3) is 0 Å². The minimum Gasteiger partial charge on any atom is -0.496 e. The van der Waals surface area contributed by atoms with Gasteiger partial charge in [0, 0.05) is 17.7 Å². The number of methoxy groups -OCH3 is 2. The molecule has 0 aliphatic heterocycles. The number of hydrogen-bond acceptors (Lipinski definition) is 3. The fraction of sp³-hybridized carbons (Fsp3) is 0.647. The molecule has 1 aliphatic rings. The molecule has 21 heavy (non-hydrogen) atoms. The summed E-state index contributed by atoms with van der Waals surface area (Å²) in [5.41, 5.74) is 1.07. The van der Waals surface area contributed by atoms with Crippen molar-refractivity contribution < 1.29 is 9.47 Å². The predicted molar refractivity (Wildman–Crippen MR) is 87.2 cm³/mol. The van der Waals surface area contributed by atoms with Crippen LogP contribution in [-0.2, 0) is 4.74 Å². The van der Waals surface area contributed by atoms with Gasteiger partial charge < -0.3 is 14.8 Å². The van der Waals surface area contributed by atoms with Crippen molar-refractivity contribution in [2.75, 3.05) is 21.3 Å². The van der Waals surface area contributed by atoms with Crippen LogP contribution in [0.2, 0.25) is 5.02 Å². The highest BCUT2D eigenvalue weighted by atomic mass is 35.5. The molecule has 118 valence electrons. The second kappa shape index (κ2) is 8.02. The van der Waals surface area contributed by atoms with Crippen LogP contribution >= 0.6 is 11.6 Å². The Balaban J connectivity index is 2.29. The van der Waals surface area contributed by atoms with Gasteiger partial charge in [-0.2, -0.15) is 0 Å². The van der Waals surface area contributed by atoms with Crippen LogP contribution in [0.25, 0.3) is 0 Å². The molecule has 0 radical (unpaired) electrons. The lowest BCUT2D eigenvalue weighted by Gasteiger charge is -2.35. The molecule has 0 aromatic heterocycles. The van der Waals surface area contributed by atoms with Crippen molar-refractivity contribution in [3.05, 3.63) is 28.8 Å². The standard InChI is InChI=1S/C17H26ClNO2/c1-19-16(14-11-13(18)9-10-15(14)20-2)17(21-3)12-7-5-4-6-8-12/h9-12,16-17,19H,4-8H2,1-3H3. The first kappa shape index (κ1) is 16.6. The summed E-state index contributed by atoms with van der Waals surface area (Å²) < 4.78 is 11.4. The van der Waals surface area contributed by atoms with Gasteiger partial charge in [0.1, 0.15) is 5.75 Å². The molecule has 1 aromatic carbocycles. The SMILES string of the molecule is CNC(c1cc(Cl)ccc1OC)C(OC)C1CCCCC1. The van der Waals surface area contributed by atoms with E-state index < -0.39 is 0 Å². The smallest absolute Gasteiger partial charge is 0.123 e. The first-order valence-corrected chi connectivity index (χ1v) is 8.12. The van der Waals surface area contributed by atoms with Crippen molar-refractivity contribution in [2.45, 2.75) is 44.2 Å². The molecule has 2 atom stereocenters. The van der Waals surface area contributed by atoms with E-state index in [0.717, 1.165) is 16.3 Å². The average Bonchev–Trinajstić information content (AvgIpc) is 2.53. The molecule has 0 heterocycles. The minimum atomic E-state index is 0.0896. The molecule has 0 bridgehead atoms. The summed E-state index contributed by atoms with van der Waals surface area (Å²) in [7, 11) is 5.47. The summed E-state index contributed by atoms with van der Waals surface area (Å²) in [6, 6.07) is 5.86. The lowest BCUT2D eigenvalue weighted by atomic mass is 9.81. The van der Waals surface area contributed by atoms with Crippen molar-refractivity contribution >= 4 is 11.6 Å². The van der Waals surface area contributed by atoms with Gasteiger partial charge in [-0.05, 0) is 44.0 Å². The van der Waals surface area contributed by atoms with E-state index in [4.69, 9.17) is 21.1 Å². The van der Waals surface area contributed by atoms with Gasteiger partial charge in [0.15, 0.2) is 0 Å². The maximum atomic E-state index is 6.18. The van der Waals surface area contributed by atoms with Gasteiger partial charge in [-0.25, -0.2) is 0 Å². The third-order valence-electron chi connectivity index (χ3n) is 4.55. The lowest BCUT2D eigenvalue weighted by Crippen LogP contribution is -2.37. The largest absolute Gasteiger partial charge is 0.496 e. The Hall–Kier alpha value is -0.770. The first-order valence-electron chi connectivity index (χ1n) is 7.74. The molecule has 0 amide bonds. The number of benzene rings is 1. The zero-order valence-corrected chi connectivity index (χ0v) is 14.0. The molecule has 1 aliphatic carbocycles. The van der Waals surface area contributed by atoms with Crippen LogP contribution in [0, 0.1) is 5.92 Å². The van der Waals surface area contributed by atoms with Crippen LogP contribution in [0.3, 0.4) is 0 Å². The number of hydrogen-bond donors (Lipinski definition) is 1. The Bertz CT molecular complexity index is 446. The number of rotatable bonds is 6. The zero-order chi connectivity index (χ0) is 15.2. The maximum Gasteiger partial charge on any atom is 0.123 e. The Morgan fingerprint density at radius 2 is 1.90 bits per heavy atom. The fourth-order valence-electron chi connectivity index (χ4n) is 3.51. The summed E-state index contributed by atoms with van der Waals surface area (Å²) in [6.45, 7) is 0. The van der Waals surface area contributed by atoms with Crippen molar-refractivity contribution in [1.29, 1.82) is 0 Å². The summed E-state index contributed by atoms with van der Waals surface area (Å²) in [5, 5.41) is 4.13. The van der Waals surface area contributed by atoms with Crippen molar-refractivity contribution in [2.24, 2.45) is 5.92 Å². The summed E-state index contributed by atoms with van der Waals surface area (Å²) in [4.78, 5) is 0. The van der Waals surface area contributed by atoms with Crippen LogP contribution in [0.4, 0.5) is 0 Å². The monoisotopic (exact) mass is 311 g/mol. The Morgan fingerprint density at radius 3 is 2.48 bits per heavy atom. The number of likely N-dealkylation sites (N-methyl/N-ethyl adjacent to an activating group) is 1. The molecule has 2 unspecified atom stereocenters. The molecule has 2 rings (SSSR count). The third-order valence-corrected chi connectivity index (χ3v) is 4.79. The highest BCUT2D eigenvalue weighted by molar-refractivity contribution is 6.30. The molecule has 1 aromatic rings. The van der Waals surface area contributed by atoms with E-state index in [9.17, 15) is 0 Å². The fourth-order valence-corrected chi connectivity index (χ4v) is 3.69. The Kier molecular flexibility index (Phi) is 6.34. The highest BCUT2D eigenvalue weighted by Gasteiger charge is 2.32. The second-order valence-electron chi connectivity index (χ2n) is 5.75. The van der Waals surface area contributed by atoms with Gasteiger partial charge in [-0.3, -0.25) is 0 Å². The number of ether oxygens (including phenoxy) is 2. The highest BCUT2D eigenvalue weighted by Crippen LogP contribution is 2.37. The quantitative estimate of drug-likeness (QED) is 0.854. The normalized spacial score (nSPS) is 19.2. The molecule has 1 fully saturated rings. The zero-order valence-electron chi connectivity index (χ0n) is 13.2. The van der Waals surface area contributed by atoms with Crippen LogP contribution in [-0.4, -0.2) is 27.4 Å². The maximum absolute atomic E-state index is 6.18. The van der Waals surface area contributed by atoms with Gasteiger partial charge in [-0.1, -0.05) is 30.9 Å². The van der Waals surface area contributed by atoms with E-state index >= 15 is 0 Å². The van der Waals surface area contributed by atoms with Crippen LogP contribution in [0.1, 0.15) is 43.7 Å². The van der Waals surface area contributed by atoms with E-state index in [-0.39, 0.29) is 12.1 Å². The van der Waals surface area contributed by atoms with Crippen LogP contribution in [0.5, 0.6) is 5.75 Å². The van der Waals surface area contributed by atoms with Gasteiger partial charge in [-0.15, -0.1) is 0 Å². The molecule has 3 nitrogen and oxygen atoms in total. The van der Waals surface area contributed by atoms with Gasteiger partial charge in [0.05, 0.1) is 19.3 Å². The van der Waals surface area contributed by atoms with E-state index in [1.807, 2.05) is 25.2 Å². The van der Waals surface area contributed by atoms with Crippen LogP contribution in [0.15, 0.2) is 18.2 Å². The minimum absolute atomic E-state index is 0.0896. The third kappa shape index (κ3) is 3.91. The van der Waals surface area contributed by atoms with E-state index in [0.29, 0.717) is 5.92 Å². The van der Waals surface area contributed by atoms with Crippen molar-refractivity contribution in [3.8, 4) is 5.75 Å². The van der Waals surface area contributed by atoms with E-state index in [2.05, 4.69) is 5.32 Å². The molecule has 0 spiro atoms. The van der Waals surface area contributed by atoms with Gasteiger partial charge in [0.2, 0.25) is 0 Å². The topological polar surface area (TPSA) is 30.5 Å². The Labute approximate surface area is 133 Å². The Morgan fingerprint density at radius 1 is 1.19 bits per heavy atom. The van der Waals surface area contributed by atoms with E-state index in [1.54, 1.807) is 14.2 Å². The lowest BCUT2D eigenvalue weighted by molar-refractivity contribution is 0.00888. The molecule has 1 saturated carbocycles. The number of halogens is 1. The first-order chi connectivity index (χ1) is 10.2. The molecule has 4 heteroatoms. The van der Waals surface area contributed by atoms with E-state index in [1.165, 1.54) is 32.1 Å². The predicted octanol–water partition coefficient (Wildman–Crippen LogP) is 4.20. The summed E-state index contributed by atoms with van der Waals surface area (Å²) >= 11 is 6.18.